The second-order valence-electron chi connectivity index (χ2n) is 8.10. The minimum absolute atomic E-state index is 0.451. The third-order valence-electron chi connectivity index (χ3n) is 5.96. The molecule has 1 aromatic carbocycles. The van der Waals surface area contributed by atoms with E-state index >= 15 is 0 Å². The van der Waals surface area contributed by atoms with Crippen LogP contribution >= 0.6 is 11.8 Å². The zero-order chi connectivity index (χ0) is 22.1. The molecule has 0 bridgehead atoms. The fourth-order valence-corrected chi connectivity index (χ4v) is 6.63. The highest BCUT2D eigenvalue weighted by molar-refractivity contribution is 8.15. The van der Waals surface area contributed by atoms with E-state index in [9.17, 15) is 8.42 Å². The lowest BCUT2D eigenvalue weighted by molar-refractivity contribution is 0.527. The molecule has 0 aliphatic carbocycles. The number of primary sulfonamides is 1. The molecule has 0 spiro atoms. The second-order valence-corrected chi connectivity index (χ2v) is 11.5. The van der Waals surface area contributed by atoms with Crippen LogP contribution in [0.15, 0.2) is 35.7 Å². The lowest BCUT2D eigenvalue weighted by atomic mass is 10.1. The normalized spacial score (nSPS) is 19.0. The van der Waals surface area contributed by atoms with E-state index in [0.717, 1.165) is 66.4 Å². The van der Waals surface area contributed by atoms with Gasteiger partial charge in [0.2, 0.25) is 10.0 Å². The van der Waals surface area contributed by atoms with Crippen LogP contribution < -0.4 is 10.9 Å². The Kier molecular flexibility index (Phi) is 6.27. The molecule has 0 saturated carbocycles. The number of aromatic nitrogens is 3. The van der Waals surface area contributed by atoms with Crippen molar-refractivity contribution in [3.63, 3.8) is 0 Å². The Labute approximate surface area is 187 Å². The van der Waals surface area contributed by atoms with E-state index in [-0.39, 0.29) is 0 Å². The number of imidazole rings is 1. The van der Waals surface area contributed by atoms with Crippen LogP contribution in [0.3, 0.4) is 0 Å². The Balaban J connectivity index is 1.63. The number of hydrogen-bond acceptors (Lipinski definition) is 6. The van der Waals surface area contributed by atoms with Gasteiger partial charge in [-0.25, -0.2) is 23.5 Å². The lowest BCUT2D eigenvalue weighted by Crippen LogP contribution is -2.38. The summed E-state index contributed by atoms with van der Waals surface area (Å²) >= 11 is 1.33. The first kappa shape index (κ1) is 22.1. The van der Waals surface area contributed by atoms with Crippen LogP contribution in [0.5, 0.6) is 0 Å². The molecule has 7 nitrogen and oxygen atoms in total. The number of nitrogen functional groups attached to an aromatic ring is 1. The van der Waals surface area contributed by atoms with E-state index in [1.54, 1.807) is 0 Å². The van der Waals surface area contributed by atoms with Crippen molar-refractivity contribution in [3.05, 3.63) is 41.6 Å². The van der Waals surface area contributed by atoms with Gasteiger partial charge in [0.25, 0.3) is 0 Å². The third-order valence-corrected chi connectivity index (χ3v) is 9.48. The van der Waals surface area contributed by atoms with E-state index in [1.807, 2.05) is 29.7 Å². The Hall–Kier alpha value is -2.10. The average Bonchev–Trinajstić information content (AvgIpc) is 3.36. The smallest absolute Gasteiger partial charge is 0.224 e. The fraction of sp³-hybridized carbons (Fsp3) is 0.455. The first-order valence-electron chi connectivity index (χ1n) is 10.7. The number of unbranched alkanes of at least 4 members (excludes halogenated alkanes) is 2. The lowest BCUT2D eigenvalue weighted by Gasteiger charge is -2.25. The Morgan fingerprint density at radius 3 is 2.71 bits per heavy atom. The standard InChI is InChI=1S/C22H29N5O2S2/c1-2-3-11-18-26-19-20(16-9-4-5-10-17(16)25-21(19)23)27(18)14-7-6-12-22(31(24,28)29)13-8-15-30-22/h4-5,8-10,15H,2-3,6-7,11-14H2,1H3,(H2,23,25)(H2,24,28,29). The topological polar surface area (TPSA) is 117 Å². The first-order valence-corrected chi connectivity index (χ1v) is 13.2. The van der Waals surface area contributed by atoms with E-state index < -0.39 is 14.1 Å². The molecule has 0 radical (unpaired) electrons. The third kappa shape index (κ3) is 4.18. The number of allylic oxidation sites excluding steroid dienone is 1. The summed E-state index contributed by atoms with van der Waals surface area (Å²) in [6, 6.07) is 7.99. The van der Waals surface area contributed by atoms with Gasteiger partial charge < -0.3 is 10.3 Å². The molecule has 2 aromatic heterocycles. The molecule has 1 unspecified atom stereocenters. The maximum Gasteiger partial charge on any atom is 0.224 e. The Bertz CT molecular complexity index is 1230. The first-order chi connectivity index (χ1) is 14.9. The summed E-state index contributed by atoms with van der Waals surface area (Å²) in [5, 5.41) is 8.45. The number of para-hydroxylation sites is 1. The van der Waals surface area contributed by atoms with Crippen LogP contribution in [-0.4, -0.2) is 27.0 Å². The van der Waals surface area contributed by atoms with Crippen LogP contribution in [0.2, 0.25) is 0 Å². The van der Waals surface area contributed by atoms with Crippen molar-refractivity contribution < 1.29 is 8.42 Å². The number of thioether (sulfide) groups is 1. The molecule has 3 heterocycles. The highest BCUT2D eigenvalue weighted by Crippen LogP contribution is 2.43. The number of anilines is 1. The Morgan fingerprint density at radius 2 is 2.00 bits per heavy atom. The SMILES string of the molecule is CCCCc1nc2c(N)nc3ccccc3c2n1CCCCC1(S(N)(=O)=O)CC=CS1. The number of nitrogens with two attached hydrogens (primary N) is 2. The molecule has 9 heteroatoms. The van der Waals surface area contributed by atoms with Crippen LogP contribution in [0.25, 0.3) is 21.9 Å². The molecular formula is C22H29N5O2S2. The summed E-state index contributed by atoms with van der Waals surface area (Å²) in [5.41, 5.74) is 8.89. The Morgan fingerprint density at radius 1 is 1.19 bits per heavy atom. The van der Waals surface area contributed by atoms with E-state index in [0.29, 0.717) is 18.7 Å². The van der Waals surface area contributed by atoms with Gasteiger partial charge in [0.05, 0.1) is 11.0 Å². The minimum Gasteiger partial charge on any atom is -0.382 e. The highest BCUT2D eigenvalue weighted by atomic mass is 32.3. The number of fused-ring (bicyclic) bond motifs is 3. The molecule has 0 fully saturated rings. The maximum atomic E-state index is 12.2. The average molecular weight is 460 g/mol. The van der Waals surface area contributed by atoms with Crippen LogP contribution in [0.4, 0.5) is 5.82 Å². The molecule has 4 N–H and O–H groups in total. The zero-order valence-electron chi connectivity index (χ0n) is 17.8. The molecule has 4 rings (SSSR count). The van der Waals surface area contributed by atoms with Gasteiger partial charge in [-0.1, -0.05) is 37.6 Å². The number of benzene rings is 1. The van der Waals surface area contributed by atoms with Gasteiger partial charge in [0, 0.05) is 18.4 Å². The van der Waals surface area contributed by atoms with Crippen LogP contribution in [-0.2, 0) is 23.0 Å². The number of aryl methyl sites for hydroxylation is 2. The molecule has 0 saturated heterocycles. The van der Waals surface area contributed by atoms with Crippen molar-refractivity contribution in [3.8, 4) is 0 Å². The van der Waals surface area contributed by atoms with Gasteiger partial charge in [-0.2, -0.15) is 0 Å². The largest absolute Gasteiger partial charge is 0.382 e. The summed E-state index contributed by atoms with van der Waals surface area (Å²) in [6.07, 6.45) is 7.49. The molecule has 1 aliphatic heterocycles. The summed E-state index contributed by atoms with van der Waals surface area (Å²) in [7, 11) is -3.63. The molecule has 166 valence electrons. The van der Waals surface area contributed by atoms with Crippen LogP contribution in [0, 0.1) is 0 Å². The molecular weight excluding hydrogens is 430 g/mol. The van der Waals surface area contributed by atoms with E-state index in [1.165, 1.54) is 11.8 Å². The van der Waals surface area contributed by atoms with Gasteiger partial charge in [0.15, 0.2) is 5.82 Å². The second kappa shape index (κ2) is 8.80. The van der Waals surface area contributed by atoms with Crippen molar-refractivity contribution in [1.82, 2.24) is 14.5 Å². The predicted octanol–water partition coefficient (Wildman–Crippen LogP) is 4.32. The molecule has 3 aromatic rings. The van der Waals surface area contributed by atoms with Crippen molar-refractivity contribution in [2.45, 2.75) is 62.5 Å². The van der Waals surface area contributed by atoms with Crippen molar-refractivity contribution in [2.75, 3.05) is 5.73 Å². The van der Waals surface area contributed by atoms with Crippen molar-refractivity contribution in [1.29, 1.82) is 0 Å². The number of rotatable bonds is 9. The number of hydrogen-bond donors (Lipinski definition) is 2. The number of nitrogens with zero attached hydrogens (tertiary/aromatic N) is 3. The van der Waals surface area contributed by atoms with Crippen LogP contribution in [0.1, 0.15) is 51.3 Å². The van der Waals surface area contributed by atoms with E-state index in [4.69, 9.17) is 15.9 Å². The summed E-state index contributed by atoms with van der Waals surface area (Å²) in [4.78, 5) is 9.39. The number of sulfonamides is 1. The monoisotopic (exact) mass is 459 g/mol. The maximum absolute atomic E-state index is 12.2. The highest BCUT2D eigenvalue weighted by Gasteiger charge is 2.42. The fourth-order valence-electron chi connectivity index (χ4n) is 4.27. The quantitative estimate of drug-likeness (QED) is 0.460. The number of pyridine rings is 1. The van der Waals surface area contributed by atoms with Gasteiger partial charge in [-0.15, -0.1) is 11.8 Å². The summed E-state index contributed by atoms with van der Waals surface area (Å²) in [6.45, 7) is 2.92. The van der Waals surface area contributed by atoms with E-state index in [2.05, 4.69) is 22.5 Å². The van der Waals surface area contributed by atoms with Gasteiger partial charge >= 0.3 is 0 Å². The molecule has 1 atom stereocenters. The van der Waals surface area contributed by atoms with Gasteiger partial charge in [-0.3, -0.25) is 0 Å². The summed E-state index contributed by atoms with van der Waals surface area (Å²) < 4.78 is 25.7. The summed E-state index contributed by atoms with van der Waals surface area (Å²) in [5.74, 6) is 1.46. The molecule has 0 amide bonds. The van der Waals surface area contributed by atoms with Crippen molar-refractivity contribution >= 4 is 49.5 Å². The predicted molar refractivity (Wildman–Crippen MR) is 129 cm³/mol. The van der Waals surface area contributed by atoms with Gasteiger partial charge in [0.1, 0.15) is 15.4 Å². The van der Waals surface area contributed by atoms with Crippen molar-refractivity contribution in [2.24, 2.45) is 5.14 Å². The molecule has 31 heavy (non-hydrogen) atoms. The zero-order valence-corrected chi connectivity index (χ0v) is 19.4. The van der Waals surface area contributed by atoms with Gasteiger partial charge in [-0.05, 0) is 43.6 Å². The molecule has 1 aliphatic rings. The minimum atomic E-state index is -3.63.